The molecule has 3 aliphatic rings. The van der Waals surface area contributed by atoms with E-state index in [1.165, 1.54) is 17.5 Å². The molecule has 2 aromatic rings. The maximum absolute atomic E-state index is 13.1. The smallest absolute Gasteiger partial charge is 0.226 e. The van der Waals surface area contributed by atoms with E-state index in [0.717, 1.165) is 58.5 Å². The molecule has 2 unspecified atom stereocenters. The summed E-state index contributed by atoms with van der Waals surface area (Å²) in [6.07, 6.45) is 4.16. The van der Waals surface area contributed by atoms with Crippen LogP contribution >= 0.6 is 0 Å². The summed E-state index contributed by atoms with van der Waals surface area (Å²) in [7, 11) is 0. The molecule has 2 aromatic carbocycles. The van der Waals surface area contributed by atoms with Crippen LogP contribution in [0.15, 0.2) is 60.7 Å². The first-order valence-electron chi connectivity index (χ1n) is 12.1. The molecule has 0 spiro atoms. The zero-order valence-electron chi connectivity index (χ0n) is 18.7. The van der Waals surface area contributed by atoms with E-state index in [4.69, 9.17) is 0 Å². The zero-order chi connectivity index (χ0) is 21.9. The van der Waals surface area contributed by atoms with Gasteiger partial charge in [0, 0.05) is 39.3 Å². The predicted octanol–water partition coefficient (Wildman–Crippen LogP) is 3.57. The van der Waals surface area contributed by atoms with Gasteiger partial charge in [-0.1, -0.05) is 60.7 Å². The second kappa shape index (κ2) is 9.45. The van der Waals surface area contributed by atoms with Crippen LogP contribution in [0.5, 0.6) is 0 Å². The molecule has 2 saturated heterocycles. The van der Waals surface area contributed by atoms with Gasteiger partial charge in [0.15, 0.2) is 0 Å². The number of amides is 2. The lowest BCUT2D eigenvalue weighted by Gasteiger charge is -2.40. The third-order valence-electron chi connectivity index (χ3n) is 7.31. The van der Waals surface area contributed by atoms with Crippen LogP contribution in [0.2, 0.25) is 0 Å². The summed E-state index contributed by atoms with van der Waals surface area (Å²) < 4.78 is 0. The van der Waals surface area contributed by atoms with Crippen molar-refractivity contribution in [3.63, 3.8) is 0 Å². The lowest BCUT2D eigenvalue weighted by Crippen LogP contribution is -2.50. The minimum absolute atomic E-state index is 0.0694. The highest BCUT2D eigenvalue weighted by atomic mass is 16.2. The van der Waals surface area contributed by atoms with E-state index in [2.05, 4.69) is 65.6 Å². The van der Waals surface area contributed by atoms with Crippen LogP contribution in [-0.2, 0) is 9.59 Å². The summed E-state index contributed by atoms with van der Waals surface area (Å²) in [6.45, 7) is 4.89. The Morgan fingerprint density at radius 3 is 1.59 bits per heavy atom. The monoisotopic (exact) mass is 431 g/mol. The first kappa shape index (κ1) is 21.2. The number of rotatable bonds is 5. The van der Waals surface area contributed by atoms with Crippen molar-refractivity contribution < 1.29 is 9.59 Å². The van der Waals surface area contributed by atoms with Crippen molar-refractivity contribution in [2.24, 2.45) is 11.8 Å². The molecular formula is C27H33N3O2. The van der Waals surface area contributed by atoms with Crippen LogP contribution in [0.1, 0.15) is 42.9 Å². The molecule has 0 N–H and O–H groups in total. The Balaban J connectivity index is 1.21. The summed E-state index contributed by atoms with van der Waals surface area (Å²) in [5, 5.41) is 0. The third kappa shape index (κ3) is 4.44. The quantitative estimate of drug-likeness (QED) is 0.727. The SMILES string of the molecule is O=C(C1CC1C(=O)N1CCN(C(c2ccccc2)c2ccccc2)CC1)N1CCCCC1. The fourth-order valence-corrected chi connectivity index (χ4v) is 5.41. The van der Waals surface area contributed by atoms with Crippen molar-refractivity contribution in [1.82, 2.24) is 14.7 Å². The summed E-state index contributed by atoms with van der Waals surface area (Å²) in [5.41, 5.74) is 2.57. The lowest BCUT2D eigenvalue weighted by molar-refractivity contribution is -0.139. The molecule has 168 valence electrons. The highest BCUT2D eigenvalue weighted by Gasteiger charge is 2.51. The highest BCUT2D eigenvalue weighted by Crippen LogP contribution is 2.42. The van der Waals surface area contributed by atoms with E-state index in [1.807, 2.05) is 9.80 Å². The number of piperazine rings is 1. The standard InChI is InChI=1S/C27H33N3O2/c31-26(29-14-8-3-9-15-29)23-20-24(23)27(32)30-18-16-28(17-19-30)25(21-10-4-1-5-11-21)22-12-6-2-7-13-22/h1-2,4-7,10-13,23-25H,3,8-9,14-20H2. The number of piperidine rings is 1. The molecule has 2 amide bonds. The van der Waals surface area contributed by atoms with Crippen LogP contribution in [0.4, 0.5) is 0 Å². The van der Waals surface area contributed by atoms with Crippen LogP contribution in [0, 0.1) is 11.8 Å². The van der Waals surface area contributed by atoms with Crippen LogP contribution < -0.4 is 0 Å². The molecule has 3 fully saturated rings. The Hall–Kier alpha value is -2.66. The van der Waals surface area contributed by atoms with E-state index in [9.17, 15) is 9.59 Å². The Morgan fingerprint density at radius 1 is 0.625 bits per heavy atom. The summed E-state index contributed by atoms with van der Waals surface area (Å²) >= 11 is 0. The van der Waals surface area contributed by atoms with Gasteiger partial charge in [0.25, 0.3) is 0 Å². The Morgan fingerprint density at radius 2 is 1.09 bits per heavy atom. The summed E-state index contributed by atoms with van der Waals surface area (Å²) in [5.74, 6) is 0.251. The molecule has 0 radical (unpaired) electrons. The minimum atomic E-state index is -0.0879. The average molecular weight is 432 g/mol. The van der Waals surface area contributed by atoms with E-state index < -0.39 is 0 Å². The van der Waals surface area contributed by atoms with Gasteiger partial charge in [0.2, 0.25) is 11.8 Å². The van der Waals surface area contributed by atoms with Crippen LogP contribution in [0.3, 0.4) is 0 Å². The van der Waals surface area contributed by atoms with Crippen molar-refractivity contribution >= 4 is 11.8 Å². The maximum atomic E-state index is 13.1. The minimum Gasteiger partial charge on any atom is -0.342 e. The van der Waals surface area contributed by atoms with Crippen molar-refractivity contribution in [3.05, 3.63) is 71.8 Å². The Kier molecular flexibility index (Phi) is 6.26. The van der Waals surface area contributed by atoms with Gasteiger partial charge >= 0.3 is 0 Å². The van der Waals surface area contributed by atoms with Gasteiger partial charge in [-0.15, -0.1) is 0 Å². The van der Waals surface area contributed by atoms with Gasteiger partial charge in [0.05, 0.1) is 17.9 Å². The summed E-state index contributed by atoms with van der Waals surface area (Å²) in [6, 6.07) is 21.5. The van der Waals surface area contributed by atoms with Gasteiger partial charge in [-0.2, -0.15) is 0 Å². The first-order chi connectivity index (χ1) is 15.7. The number of likely N-dealkylation sites (tertiary alicyclic amines) is 1. The molecule has 0 bridgehead atoms. The molecule has 32 heavy (non-hydrogen) atoms. The first-order valence-corrected chi connectivity index (χ1v) is 12.1. The predicted molar refractivity (Wildman–Crippen MR) is 125 cm³/mol. The average Bonchev–Trinajstić information content (AvgIpc) is 3.67. The molecule has 1 saturated carbocycles. The number of hydrogen-bond acceptors (Lipinski definition) is 3. The van der Waals surface area contributed by atoms with E-state index in [-0.39, 0.29) is 29.7 Å². The molecule has 5 nitrogen and oxygen atoms in total. The lowest BCUT2D eigenvalue weighted by atomic mass is 9.96. The Labute approximate surface area is 191 Å². The second-order valence-corrected chi connectivity index (χ2v) is 9.42. The molecule has 1 aliphatic carbocycles. The van der Waals surface area contributed by atoms with Gasteiger partial charge in [-0.3, -0.25) is 14.5 Å². The van der Waals surface area contributed by atoms with E-state index >= 15 is 0 Å². The maximum Gasteiger partial charge on any atom is 0.226 e. The van der Waals surface area contributed by atoms with Crippen molar-refractivity contribution in [2.75, 3.05) is 39.3 Å². The fourth-order valence-electron chi connectivity index (χ4n) is 5.41. The topological polar surface area (TPSA) is 43.9 Å². The number of nitrogens with zero attached hydrogens (tertiary/aromatic N) is 3. The zero-order valence-corrected chi connectivity index (χ0v) is 18.7. The molecule has 5 rings (SSSR count). The van der Waals surface area contributed by atoms with Crippen LogP contribution in [-0.4, -0.2) is 65.8 Å². The molecule has 2 heterocycles. The van der Waals surface area contributed by atoms with Gasteiger partial charge in [-0.05, 0) is 36.8 Å². The number of carbonyl (C=O) groups is 2. The molecule has 2 atom stereocenters. The van der Waals surface area contributed by atoms with Gasteiger partial charge in [0.1, 0.15) is 0 Å². The number of carbonyl (C=O) groups excluding carboxylic acids is 2. The van der Waals surface area contributed by atoms with Crippen molar-refractivity contribution in [2.45, 2.75) is 31.7 Å². The number of benzene rings is 2. The second-order valence-electron chi connectivity index (χ2n) is 9.42. The summed E-state index contributed by atoms with van der Waals surface area (Å²) in [4.78, 5) is 32.3. The fraction of sp³-hybridized carbons (Fsp3) is 0.481. The van der Waals surface area contributed by atoms with Gasteiger partial charge in [-0.25, -0.2) is 0 Å². The normalized spacial score (nSPS) is 23.9. The molecule has 0 aromatic heterocycles. The largest absolute Gasteiger partial charge is 0.342 e. The van der Waals surface area contributed by atoms with Gasteiger partial charge < -0.3 is 9.80 Å². The molecule has 2 aliphatic heterocycles. The molecule has 5 heteroatoms. The van der Waals surface area contributed by atoms with Crippen molar-refractivity contribution in [1.29, 1.82) is 0 Å². The van der Waals surface area contributed by atoms with Crippen LogP contribution in [0.25, 0.3) is 0 Å². The highest BCUT2D eigenvalue weighted by molar-refractivity contribution is 5.92. The van der Waals surface area contributed by atoms with E-state index in [1.54, 1.807) is 0 Å². The Bertz CT molecular complexity index is 879. The van der Waals surface area contributed by atoms with Crippen molar-refractivity contribution in [3.8, 4) is 0 Å². The number of hydrogen-bond donors (Lipinski definition) is 0. The molecular weight excluding hydrogens is 398 g/mol. The van der Waals surface area contributed by atoms with E-state index in [0.29, 0.717) is 0 Å². The third-order valence-corrected chi connectivity index (χ3v) is 7.31.